The molecule has 1 saturated heterocycles. The third-order valence-corrected chi connectivity index (χ3v) is 8.21. The minimum absolute atomic E-state index is 0.00811. The van der Waals surface area contributed by atoms with Crippen LogP contribution in [0.25, 0.3) is 10.4 Å². The highest BCUT2D eigenvalue weighted by atomic mass is 32.2. The molecule has 226 valence electrons. The van der Waals surface area contributed by atoms with Crippen molar-refractivity contribution in [3.8, 4) is 5.75 Å². The highest BCUT2D eigenvalue weighted by Gasteiger charge is 2.44. The molecule has 3 rings (SSSR count). The molecule has 1 N–H and O–H groups in total. The number of nitrogens with zero attached hydrogens (tertiary/aromatic N) is 5. The summed E-state index contributed by atoms with van der Waals surface area (Å²) in [4.78, 5) is 42.7. The maximum atomic E-state index is 13.6. The third-order valence-electron chi connectivity index (χ3n) is 6.32. The van der Waals surface area contributed by atoms with Crippen molar-refractivity contribution in [2.75, 3.05) is 20.6 Å². The number of hydrogen-bond donors (Lipinski definition) is 1. The molecule has 14 heteroatoms. The molecule has 0 radical (unpaired) electrons. The van der Waals surface area contributed by atoms with Gasteiger partial charge in [-0.15, -0.1) is 0 Å². The number of carbonyl (C=O) groups excluding carboxylic acids is 3. The van der Waals surface area contributed by atoms with Gasteiger partial charge in [0.25, 0.3) is 0 Å². The Balaban J connectivity index is 1.87. The van der Waals surface area contributed by atoms with Crippen LogP contribution in [-0.2, 0) is 30.8 Å². The van der Waals surface area contributed by atoms with Gasteiger partial charge in [0.1, 0.15) is 23.4 Å². The molecule has 1 aliphatic rings. The molecule has 1 aliphatic heterocycles. The Kier molecular flexibility index (Phi) is 10.2. The minimum Gasteiger partial charge on any atom is -0.458 e. The fourth-order valence-electron chi connectivity index (χ4n) is 4.25. The number of aryl methyl sites for hydroxylation is 1. The summed E-state index contributed by atoms with van der Waals surface area (Å²) in [6, 6.07) is 9.41. The Hall–Kier alpha value is -4.13. The Morgan fingerprint density at radius 3 is 2.29 bits per heavy atom. The fourth-order valence-corrected chi connectivity index (χ4v) is 5.88. The van der Waals surface area contributed by atoms with Gasteiger partial charge in [-0.05, 0) is 69.5 Å². The molecule has 0 unspecified atom stereocenters. The van der Waals surface area contributed by atoms with E-state index < -0.39 is 51.7 Å². The predicted octanol–water partition coefficient (Wildman–Crippen LogP) is 3.57. The van der Waals surface area contributed by atoms with Crippen molar-refractivity contribution in [3.05, 3.63) is 70.1 Å². The molecule has 2 amide bonds. The van der Waals surface area contributed by atoms with Crippen LogP contribution in [0.3, 0.4) is 0 Å². The second kappa shape index (κ2) is 13.2. The first kappa shape index (κ1) is 32.4. The van der Waals surface area contributed by atoms with E-state index >= 15 is 0 Å². The summed E-state index contributed by atoms with van der Waals surface area (Å²) in [7, 11) is -1.03. The molecule has 2 aromatic carbocycles. The zero-order chi connectivity index (χ0) is 31.2. The Morgan fingerprint density at radius 2 is 1.74 bits per heavy atom. The van der Waals surface area contributed by atoms with Gasteiger partial charge in [0, 0.05) is 32.0 Å². The SMILES string of the molecule is Cc1ccc(S(=O)(=O)N2C[C@H](N=[N+]=[N-])C[C@H]2C(=O)N[C@@H](Cc2ccc(OC(=O)N(C)C)cc2)C(=O)OC(C)(C)C)cc1. The monoisotopic (exact) mass is 600 g/mol. The van der Waals surface area contributed by atoms with Crippen LogP contribution in [0.2, 0.25) is 0 Å². The van der Waals surface area contributed by atoms with Crippen molar-refractivity contribution >= 4 is 28.0 Å². The first-order chi connectivity index (χ1) is 19.6. The molecule has 0 aliphatic carbocycles. The van der Waals surface area contributed by atoms with E-state index in [0.717, 1.165) is 9.87 Å². The molecule has 0 bridgehead atoms. The number of sulfonamides is 1. The van der Waals surface area contributed by atoms with Crippen molar-refractivity contribution < 1.29 is 32.3 Å². The van der Waals surface area contributed by atoms with Gasteiger partial charge in [-0.2, -0.15) is 4.31 Å². The standard InChI is InChI=1S/C28H36N6O7S/c1-18-7-13-22(14-8-18)42(38,39)34-17-20(31-32-29)16-24(34)25(35)30-23(26(36)41-28(2,3)4)15-19-9-11-21(12-10-19)40-27(37)33(5)6/h7-14,20,23-24H,15-17H2,1-6H3,(H,30,35)/t20-,23+,24+/m1/s1. The molecule has 13 nitrogen and oxygen atoms in total. The van der Waals surface area contributed by atoms with Crippen LogP contribution in [-0.4, -0.2) is 80.0 Å². The normalized spacial score (nSPS) is 18.0. The molecule has 0 aromatic heterocycles. The van der Waals surface area contributed by atoms with Crippen LogP contribution in [0.4, 0.5) is 4.79 Å². The number of hydrogen-bond acceptors (Lipinski definition) is 8. The predicted molar refractivity (Wildman–Crippen MR) is 154 cm³/mol. The fraction of sp³-hybridized carbons (Fsp3) is 0.464. The Labute approximate surface area is 245 Å². The van der Waals surface area contributed by atoms with E-state index in [1.807, 2.05) is 6.92 Å². The first-order valence-electron chi connectivity index (χ1n) is 13.2. The number of benzene rings is 2. The van der Waals surface area contributed by atoms with Gasteiger partial charge >= 0.3 is 12.1 Å². The largest absolute Gasteiger partial charge is 0.458 e. The lowest BCUT2D eigenvalue weighted by molar-refractivity contribution is -0.158. The molecular weight excluding hydrogens is 564 g/mol. The number of rotatable bonds is 9. The quantitative estimate of drug-likeness (QED) is 0.198. The van der Waals surface area contributed by atoms with E-state index in [1.54, 1.807) is 71.3 Å². The van der Waals surface area contributed by atoms with E-state index in [0.29, 0.717) is 11.3 Å². The maximum absolute atomic E-state index is 13.6. The number of esters is 1. The molecule has 0 spiro atoms. The number of amides is 2. The zero-order valence-electron chi connectivity index (χ0n) is 24.5. The van der Waals surface area contributed by atoms with Gasteiger partial charge in [-0.3, -0.25) is 4.79 Å². The van der Waals surface area contributed by atoms with Crippen LogP contribution in [0, 0.1) is 6.92 Å². The van der Waals surface area contributed by atoms with Crippen molar-refractivity contribution in [2.45, 2.75) is 69.2 Å². The second-order valence-corrected chi connectivity index (χ2v) is 13.1. The lowest BCUT2D eigenvalue weighted by Gasteiger charge is -2.27. The average molecular weight is 601 g/mol. The van der Waals surface area contributed by atoms with Gasteiger partial charge in [0.2, 0.25) is 15.9 Å². The van der Waals surface area contributed by atoms with E-state index in [2.05, 4.69) is 15.3 Å². The second-order valence-electron chi connectivity index (χ2n) is 11.2. The first-order valence-corrected chi connectivity index (χ1v) is 14.7. The zero-order valence-corrected chi connectivity index (χ0v) is 25.3. The van der Waals surface area contributed by atoms with Crippen molar-refractivity contribution in [1.29, 1.82) is 0 Å². The summed E-state index contributed by atoms with van der Waals surface area (Å²) in [6.45, 7) is 6.70. The Bertz CT molecular complexity index is 1450. The lowest BCUT2D eigenvalue weighted by Crippen LogP contribution is -2.52. The van der Waals surface area contributed by atoms with Crippen LogP contribution in [0.15, 0.2) is 58.5 Å². The van der Waals surface area contributed by atoms with Gasteiger partial charge < -0.3 is 19.7 Å². The smallest absolute Gasteiger partial charge is 0.414 e. The average Bonchev–Trinajstić information content (AvgIpc) is 3.34. The Morgan fingerprint density at radius 1 is 1.12 bits per heavy atom. The van der Waals surface area contributed by atoms with E-state index in [9.17, 15) is 22.8 Å². The van der Waals surface area contributed by atoms with E-state index in [1.165, 1.54) is 17.0 Å². The molecule has 42 heavy (non-hydrogen) atoms. The topological polar surface area (TPSA) is 171 Å². The van der Waals surface area contributed by atoms with Crippen LogP contribution in [0.5, 0.6) is 5.75 Å². The van der Waals surface area contributed by atoms with Crippen LogP contribution in [0.1, 0.15) is 38.3 Å². The number of ether oxygens (including phenoxy) is 2. The summed E-state index contributed by atoms with van der Waals surface area (Å²) < 4.78 is 38.9. The summed E-state index contributed by atoms with van der Waals surface area (Å²) in [6.07, 6.45) is -0.601. The molecule has 2 aromatic rings. The van der Waals surface area contributed by atoms with Crippen molar-refractivity contribution in [3.63, 3.8) is 0 Å². The highest BCUT2D eigenvalue weighted by Crippen LogP contribution is 2.29. The van der Waals surface area contributed by atoms with Gasteiger partial charge in [0.15, 0.2) is 0 Å². The van der Waals surface area contributed by atoms with Crippen LogP contribution < -0.4 is 10.1 Å². The van der Waals surface area contributed by atoms with Crippen molar-refractivity contribution in [2.24, 2.45) is 5.11 Å². The summed E-state index contributed by atoms with van der Waals surface area (Å²) in [5.41, 5.74) is 9.60. The van der Waals surface area contributed by atoms with Crippen LogP contribution >= 0.6 is 0 Å². The number of carbonyl (C=O) groups is 3. The highest BCUT2D eigenvalue weighted by molar-refractivity contribution is 7.89. The molecule has 0 saturated carbocycles. The molecule has 1 heterocycles. The van der Waals surface area contributed by atoms with Crippen molar-refractivity contribution in [1.82, 2.24) is 14.5 Å². The lowest BCUT2D eigenvalue weighted by atomic mass is 10.0. The third kappa shape index (κ3) is 8.44. The summed E-state index contributed by atoms with van der Waals surface area (Å²) >= 11 is 0. The summed E-state index contributed by atoms with van der Waals surface area (Å²) in [5.74, 6) is -1.15. The molecule has 3 atom stereocenters. The number of nitrogens with one attached hydrogen (secondary N) is 1. The molecule has 1 fully saturated rings. The van der Waals surface area contributed by atoms with Gasteiger partial charge in [-0.1, -0.05) is 34.9 Å². The van der Waals surface area contributed by atoms with E-state index in [-0.39, 0.29) is 24.3 Å². The van der Waals surface area contributed by atoms with E-state index in [4.69, 9.17) is 15.0 Å². The minimum atomic E-state index is -4.14. The summed E-state index contributed by atoms with van der Waals surface area (Å²) in [5, 5.41) is 6.33. The number of azide groups is 1. The maximum Gasteiger partial charge on any atom is 0.414 e. The molecular formula is C28H36N6O7S. The van der Waals surface area contributed by atoms with Gasteiger partial charge in [-0.25, -0.2) is 18.0 Å². The van der Waals surface area contributed by atoms with Gasteiger partial charge in [0.05, 0.1) is 10.9 Å².